The van der Waals surface area contributed by atoms with Crippen LogP contribution in [-0.4, -0.2) is 30.4 Å². The summed E-state index contributed by atoms with van der Waals surface area (Å²) in [7, 11) is 1.59. The predicted molar refractivity (Wildman–Crippen MR) is 122 cm³/mol. The minimum absolute atomic E-state index is 0. The molecule has 1 aromatic heterocycles. The minimum atomic E-state index is -4.43. The Balaban J connectivity index is 0.00000320. The van der Waals surface area contributed by atoms with E-state index in [1.165, 1.54) is 0 Å². The van der Waals surface area contributed by atoms with E-state index in [0.29, 0.717) is 23.9 Å². The smallest absolute Gasteiger partial charge is 0.352 e. The molecule has 11 heteroatoms. The van der Waals surface area contributed by atoms with Crippen LogP contribution in [0.5, 0.6) is 0 Å². The molecule has 1 aliphatic heterocycles. The molecule has 0 bridgehead atoms. The lowest BCUT2D eigenvalue weighted by Gasteiger charge is -2.26. The largest absolute Gasteiger partial charge is 0.434 e. The summed E-state index contributed by atoms with van der Waals surface area (Å²) in [4.78, 5) is 21.5. The number of hydrogen-bond donors (Lipinski definition) is 2. The first-order valence-corrected chi connectivity index (χ1v) is 10.1. The monoisotopic (exact) mass is 553 g/mol. The Kier molecular flexibility index (Phi) is 8.89. The van der Waals surface area contributed by atoms with Crippen LogP contribution >= 0.6 is 35.3 Å². The Morgan fingerprint density at radius 1 is 1.20 bits per heavy atom. The number of piperidine rings is 1. The van der Waals surface area contributed by atoms with Gasteiger partial charge in [0.2, 0.25) is 5.91 Å². The van der Waals surface area contributed by atoms with Gasteiger partial charge < -0.3 is 15.5 Å². The van der Waals surface area contributed by atoms with Crippen LogP contribution in [0.15, 0.2) is 34.6 Å². The summed E-state index contributed by atoms with van der Waals surface area (Å²) in [5.74, 6) is 0.617. The van der Waals surface area contributed by atoms with E-state index < -0.39 is 11.9 Å². The SMILES string of the molecule is CN=C(NCc1ccc(N2CCCCC2=O)cc1)NCc1nc(C(F)(F)F)cs1.I. The van der Waals surface area contributed by atoms with Crippen molar-refractivity contribution in [2.24, 2.45) is 4.99 Å². The third-order valence-electron chi connectivity index (χ3n) is 4.50. The zero-order chi connectivity index (χ0) is 20.9. The number of benzene rings is 1. The highest BCUT2D eigenvalue weighted by Crippen LogP contribution is 2.29. The lowest BCUT2D eigenvalue weighted by molar-refractivity contribution is -0.140. The number of thiazole rings is 1. The summed E-state index contributed by atoms with van der Waals surface area (Å²) < 4.78 is 37.8. The van der Waals surface area contributed by atoms with E-state index in [4.69, 9.17) is 0 Å². The number of hydrogen-bond acceptors (Lipinski definition) is 4. The van der Waals surface area contributed by atoms with Crippen LogP contribution in [0, 0.1) is 0 Å². The second kappa shape index (κ2) is 10.9. The van der Waals surface area contributed by atoms with Crippen LogP contribution < -0.4 is 15.5 Å². The lowest BCUT2D eigenvalue weighted by atomic mass is 10.1. The molecule has 1 fully saturated rings. The summed E-state index contributed by atoms with van der Waals surface area (Å²) in [6.45, 7) is 1.38. The van der Waals surface area contributed by atoms with Crippen molar-refractivity contribution in [3.05, 3.63) is 45.9 Å². The van der Waals surface area contributed by atoms with Gasteiger partial charge >= 0.3 is 6.18 Å². The summed E-state index contributed by atoms with van der Waals surface area (Å²) in [5.41, 5.74) is 1.01. The normalized spacial score (nSPS) is 15.0. The predicted octanol–water partition coefficient (Wildman–Crippen LogP) is 4.16. The van der Waals surface area contributed by atoms with Gasteiger partial charge in [0.1, 0.15) is 5.01 Å². The summed E-state index contributed by atoms with van der Waals surface area (Å²) in [5, 5.41) is 7.40. The van der Waals surface area contributed by atoms with Gasteiger partial charge in [0.15, 0.2) is 11.7 Å². The first-order chi connectivity index (χ1) is 13.9. The highest BCUT2D eigenvalue weighted by atomic mass is 127. The topological polar surface area (TPSA) is 69.6 Å². The molecule has 1 amide bonds. The van der Waals surface area contributed by atoms with E-state index in [0.717, 1.165) is 47.4 Å². The summed E-state index contributed by atoms with van der Waals surface area (Å²) in [6, 6.07) is 7.72. The first-order valence-electron chi connectivity index (χ1n) is 9.22. The molecule has 1 aliphatic rings. The van der Waals surface area contributed by atoms with E-state index in [9.17, 15) is 18.0 Å². The van der Waals surface area contributed by atoms with Crippen LogP contribution in [0.1, 0.15) is 35.5 Å². The Morgan fingerprint density at radius 3 is 2.50 bits per heavy atom. The quantitative estimate of drug-likeness (QED) is 0.332. The van der Waals surface area contributed by atoms with Crippen molar-refractivity contribution >= 4 is 52.9 Å². The molecule has 2 N–H and O–H groups in total. The molecule has 6 nitrogen and oxygen atoms in total. The molecular formula is C19H23F3IN5OS. The summed E-state index contributed by atoms with van der Waals surface area (Å²) >= 11 is 0.950. The first kappa shape index (κ1) is 24.4. The van der Waals surface area contributed by atoms with Crippen molar-refractivity contribution in [2.75, 3.05) is 18.5 Å². The standard InChI is InChI=1S/C19H22F3N5OS.HI/c1-23-18(25-11-16-26-15(12-29-16)19(20,21)22)24-10-13-5-7-14(8-6-13)27-9-3-2-4-17(27)28;/h5-8,12H,2-4,9-11H2,1H3,(H2,23,24,25);1H. The van der Waals surface area contributed by atoms with Gasteiger partial charge in [-0.05, 0) is 30.5 Å². The van der Waals surface area contributed by atoms with Gasteiger partial charge in [0.05, 0.1) is 6.54 Å². The van der Waals surface area contributed by atoms with Crippen molar-refractivity contribution in [1.82, 2.24) is 15.6 Å². The van der Waals surface area contributed by atoms with Gasteiger partial charge in [0.25, 0.3) is 0 Å². The van der Waals surface area contributed by atoms with Gasteiger partial charge in [0, 0.05) is 37.6 Å². The van der Waals surface area contributed by atoms with Gasteiger partial charge in [-0.2, -0.15) is 13.2 Å². The average Bonchev–Trinajstić information content (AvgIpc) is 3.19. The number of aliphatic imine (C=N–C) groups is 1. The molecule has 2 aromatic rings. The Bertz CT molecular complexity index is 870. The molecule has 1 saturated heterocycles. The number of anilines is 1. The second-order valence-electron chi connectivity index (χ2n) is 6.57. The maximum Gasteiger partial charge on any atom is 0.434 e. The zero-order valence-corrected chi connectivity index (χ0v) is 19.5. The molecule has 30 heavy (non-hydrogen) atoms. The minimum Gasteiger partial charge on any atom is -0.352 e. The molecule has 0 radical (unpaired) electrons. The molecule has 3 rings (SSSR count). The number of nitrogens with zero attached hydrogens (tertiary/aromatic N) is 3. The van der Waals surface area contributed by atoms with E-state index in [1.807, 2.05) is 29.2 Å². The fourth-order valence-corrected chi connectivity index (χ4v) is 3.70. The van der Waals surface area contributed by atoms with E-state index in [2.05, 4.69) is 20.6 Å². The molecule has 2 heterocycles. The fraction of sp³-hybridized carbons (Fsp3) is 0.421. The molecular weight excluding hydrogens is 530 g/mol. The average molecular weight is 553 g/mol. The van der Waals surface area contributed by atoms with Crippen molar-refractivity contribution in [1.29, 1.82) is 0 Å². The number of carbonyl (C=O) groups excluding carboxylic acids is 1. The molecule has 0 saturated carbocycles. The van der Waals surface area contributed by atoms with Gasteiger partial charge in [-0.25, -0.2) is 4.98 Å². The number of carbonyl (C=O) groups is 1. The maximum absolute atomic E-state index is 12.6. The van der Waals surface area contributed by atoms with E-state index in [1.54, 1.807) is 7.05 Å². The van der Waals surface area contributed by atoms with E-state index >= 15 is 0 Å². The number of rotatable bonds is 5. The number of aromatic nitrogens is 1. The number of nitrogens with one attached hydrogen (secondary N) is 2. The van der Waals surface area contributed by atoms with Crippen molar-refractivity contribution in [3.8, 4) is 0 Å². The zero-order valence-electron chi connectivity index (χ0n) is 16.3. The second-order valence-corrected chi connectivity index (χ2v) is 7.52. The maximum atomic E-state index is 12.6. The Morgan fingerprint density at radius 2 is 1.90 bits per heavy atom. The third-order valence-corrected chi connectivity index (χ3v) is 5.35. The van der Waals surface area contributed by atoms with E-state index in [-0.39, 0.29) is 36.4 Å². The van der Waals surface area contributed by atoms with Crippen LogP contribution in [0.3, 0.4) is 0 Å². The Labute approximate surface area is 194 Å². The fourth-order valence-electron chi connectivity index (χ4n) is 2.96. The van der Waals surface area contributed by atoms with Crippen LogP contribution in [0.2, 0.25) is 0 Å². The molecule has 1 aromatic carbocycles. The molecule has 164 valence electrons. The van der Waals surface area contributed by atoms with Crippen molar-refractivity contribution in [2.45, 2.75) is 38.5 Å². The number of alkyl halides is 3. The lowest BCUT2D eigenvalue weighted by Crippen LogP contribution is -2.36. The third kappa shape index (κ3) is 6.56. The van der Waals surface area contributed by atoms with Crippen LogP contribution in [-0.2, 0) is 24.1 Å². The highest BCUT2D eigenvalue weighted by molar-refractivity contribution is 14.0. The van der Waals surface area contributed by atoms with Crippen molar-refractivity contribution in [3.63, 3.8) is 0 Å². The van der Waals surface area contributed by atoms with Gasteiger partial charge in [-0.1, -0.05) is 12.1 Å². The number of amides is 1. The molecule has 0 atom stereocenters. The van der Waals surface area contributed by atoms with Gasteiger partial charge in [-0.3, -0.25) is 9.79 Å². The molecule has 0 aliphatic carbocycles. The number of guanidine groups is 1. The van der Waals surface area contributed by atoms with Crippen LogP contribution in [0.4, 0.5) is 18.9 Å². The Hall–Kier alpha value is -1.89. The molecule has 0 spiro atoms. The number of halogens is 4. The molecule has 0 unspecified atom stereocenters. The van der Waals surface area contributed by atoms with Gasteiger partial charge in [-0.15, -0.1) is 35.3 Å². The summed E-state index contributed by atoms with van der Waals surface area (Å²) in [6.07, 6.45) is -1.88. The highest BCUT2D eigenvalue weighted by Gasteiger charge is 2.33. The van der Waals surface area contributed by atoms with Crippen LogP contribution in [0.25, 0.3) is 0 Å². The van der Waals surface area contributed by atoms with Crippen molar-refractivity contribution < 1.29 is 18.0 Å².